The van der Waals surface area contributed by atoms with E-state index in [4.69, 9.17) is 32.3 Å². The van der Waals surface area contributed by atoms with Crippen molar-refractivity contribution >= 4 is 33.6 Å². The normalized spacial score (nSPS) is 14.7. The summed E-state index contributed by atoms with van der Waals surface area (Å²) in [5.41, 5.74) is 0. The Balaban J connectivity index is 4.42. The second-order valence-electron chi connectivity index (χ2n) is 25.4. The van der Waals surface area contributed by atoms with Crippen molar-refractivity contribution < 1.29 is 75.8 Å². The molecule has 0 radical (unpaired) electrons. The summed E-state index contributed by atoms with van der Waals surface area (Å²) in [4.78, 5) is 58.5. The van der Waals surface area contributed by atoms with E-state index in [2.05, 4.69) is 130 Å². The van der Waals surface area contributed by atoms with Gasteiger partial charge in [0.2, 0.25) is 0 Å². The van der Waals surface area contributed by atoms with Crippen LogP contribution in [0, 0.1) is 0 Å². The Morgan fingerprint density at radius 3 is 0.907 bits per heavy atom. The van der Waals surface area contributed by atoms with E-state index in [0.29, 0.717) is 19.3 Å². The fraction of sp³-hybridized carbons (Fsp3) is 0.734. The van der Waals surface area contributed by atoms with E-state index < -0.39 is 91.5 Å². The van der Waals surface area contributed by atoms with Crippen molar-refractivity contribution in [2.45, 2.75) is 334 Å². The minimum absolute atomic E-state index is 0.0853. The Morgan fingerprint density at radius 2 is 0.567 bits per heavy atom. The first kappa shape index (κ1) is 93.2. The fourth-order valence-electron chi connectivity index (χ4n) is 10.1. The average molecular weight is 1410 g/mol. The Bertz CT molecular complexity index is 2200. The molecule has 0 amide bonds. The lowest BCUT2D eigenvalue weighted by molar-refractivity contribution is -0.161. The number of aliphatic hydroxyl groups is 2. The molecule has 0 aliphatic carbocycles. The molecular weight excluding hydrogens is 1270 g/mol. The highest BCUT2D eigenvalue weighted by atomic mass is 31.2. The number of unbranched alkanes of at least 4 members (excludes halogenated alkanes) is 31. The molecule has 0 aromatic rings. The van der Waals surface area contributed by atoms with Crippen molar-refractivity contribution in [3.8, 4) is 0 Å². The fourth-order valence-corrected chi connectivity index (χ4v) is 11.7. The van der Waals surface area contributed by atoms with Gasteiger partial charge < -0.3 is 34.2 Å². The first-order valence-corrected chi connectivity index (χ1v) is 41.2. The molecule has 0 aromatic carbocycles. The highest BCUT2D eigenvalue weighted by molar-refractivity contribution is 7.47. The summed E-state index contributed by atoms with van der Waals surface area (Å²) in [6, 6.07) is 0. The van der Waals surface area contributed by atoms with Crippen molar-refractivity contribution in [2.75, 3.05) is 39.6 Å². The first-order chi connectivity index (χ1) is 47.2. The first-order valence-electron chi connectivity index (χ1n) is 38.2. The van der Waals surface area contributed by atoms with Gasteiger partial charge in [-0.2, -0.15) is 0 Å². The topological polar surface area (TPSA) is 231 Å². The van der Waals surface area contributed by atoms with Crippen molar-refractivity contribution in [3.63, 3.8) is 0 Å². The number of carbonyl (C=O) groups excluding carboxylic acids is 3. The third kappa shape index (κ3) is 73.3. The molecule has 5 atom stereocenters. The largest absolute Gasteiger partial charge is 0.472 e. The standard InChI is InChI=1S/C79H138O16P2/c1-4-7-10-13-16-19-22-25-27-29-30-31-32-33-34-35-36-37-38-39-40-41-42-44-46-48-50-53-56-59-62-65-77(82)89-68-74(80)69-91-96(85,86)92-70-75(81)71-93-97(87,88)94-73-76(95-79(84)67-64-61-58-55-52-47-24-21-18-15-12-9-6-3)72-90-78(83)66-63-60-57-54-51-49-45-43-28-26-23-20-17-14-11-8-5-2/h8,11-12,15-17,19-21,24-28,30-31,33-34,74-76,80-81H,4-7,9-10,13-14,18,22-23,29,32,35-73H2,1-3H3,(H,85,86)(H,87,88)/b11-8-,15-12-,19-16-,20-17-,24-21-,27-25-,28-26-,31-30-,34-33-. The lowest BCUT2D eigenvalue weighted by atomic mass is 10.0. The van der Waals surface area contributed by atoms with Crippen molar-refractivity contribution in [1.29, 1.82) is 0 Å². The average Bonchev–Trinajstić information content (AvgIpc) is 1.86. The van der Waals surface area contributed by atoms with Crippen LogP contribution in [0.5, 0.6) is 0 Å². The summed E-state index contributed by atoms with van der Waals surface area (Å²) in [6.07, 6.45) is 83.0. The summed E-state index contributed by atoms with van der Waals surface area (Å²) in [6.45, 7) is 2.46. The molecule has 0 heterocycles. The van der Waals surface area contributed by atoms with Gasteiger partial charge in [-0.1, -0.05) is 284 Å². The number of phosphoric ester groups is 2. The summed E-state index contributed by atoms with van der Waals surface area (Å²) in [5.74, 6) is -1.60. The van der Waals surface area contributed by atoms with Crippen LogP contribution in [-0.4, -0.2) is 95.9 Å². The Hall–Kier alpha value is -3.79. The molecule has 0 spiro atoms. The second kappa shape index (κ2) is 72.0. The summed E-state index contributed by atoms with van der Waals surface area (Å²) < 4.78 is 61.0. The van der Waals surface area contributed by atoms with Crippen molar-refractivity contribution in [1.82, 2.24) is 0 Å². The van der Waals surface area contributed by atoms with Gasteiger partial charge in [0, 0.05) is 19.3 Å². The van der Waals surface area contributed by atoms with E-state index in [0.717, 1.165) is 154 Å². The molecule has 18 heteroatoms. The quantitative estimate of drug-likeness (QED) is 0.0146. The van der Waals surface area contributed by atoms with Crippen LogP contribution in [0.1, 0.15) is 316 Å². The van der Waals surface area contributed by atoms with Crippen LogP contribution in [-0.2, 0) is 55.8 Å². The molecule has 560 valence electrons. The van der Waals surface area contributed by atoms with Gasteiger partial charge in [-0.05, 0) is 122 Å². The molecule has 0 fully saturated rings. The molecule has 0 rings (SSSR count). The number of ether oxygens (including phenoxy) is 3. The number of esters is 3. The van der Waals surface area contributed by atoms with Gasteiger partial charge in [0.05, 0.1) is 26.4 Å². The van der Waals surface area contributed by atoms with Gasteiger partial charge in [-0.25, -0.2) is 9.13 Å². The minimum atomic E-state index is -4.93. The Morgan fingerprint density at radius 1 is 0.299 bits per heavy atom. The summed E-state index contributed by atoms with van der Waals surface area (Å²) >= 11 is 0. The van der Waals surface area contributed by atoms with E-state index in [1.807, 2.05) is 0 Å². The van der Waals surface area contributed by atoms with Crippen molar-refractivity contribution in [3.05, 3.63) is 109 Å². The SMILES string of the molecule is CC/C=C\C/C=C\C/C=C\CCCCCCCCCC(=O)OCC(COP(=O)(O)OCC(O)COP(=O)(O)OCC(O)COC(=O)CCCCCCCCCCCCCCCCC/C=C\C/C=C\C/C=C\C/C=C\CCCCC)OC(=O)CCCCCCC/C=C\C/C=C\CCC. The van der Waals surface area contributed by atoms with E-state index in [1.54, 1.807) is 0 Å². The van der Waals surface area contributed by atoms with Gasteiger partial charge in [0.25, 0.3) is 0 Å². The number of hydrogen-bond acceptors (Lipinski definition) is 14. The minimum Gasteiger partial charge on any atom is -0.463 e. The maximum absolute atomic E-state index is 12.9. The van der Waals surface area contributed by atoms with Gasteiger partial charge in [-0.3, -0.25) is 32.5 Å². The van der Waals surface area contributed by atoms with E-state index in [9.17, 15) is 43.5 Å². The van der Waals surface area contributed by atoms with E-state index >= 15 is 0 Å². The molecule has 0 aliphatic heterocycles. The van der Waals surface area contributed by atoms with Crippen LogP contribution in [0.4, 0.5) is 0 Å². The van der Waals surface area contributed by atoms with Crippen LogP contribution in [0.2, 0.25) is 0 Å². The smallest absolute Gasteiger partial charge is 0.463 e. The molecule has 0 saturated heterocycles. The lowest BCUT2D eigenvalue weighted by Gasteiger charge is -2.21. The predicted octanol–water partition coefficient (Wildman–Crippen LogP) is 22.0. The predicted molar refractivity (Wildman–Crippen MR) is 399 cm³/mol. The molecule has 0 aromatic heterocycles. The van der Waals surface area contributed by atoms with Crippen molar-refractivity contribution in [2.24, 2.45) is 0 Å². The van der Waals surface area contributed by atoms with Gasteiger partial charge in [0.1, 0.15) is 25.4 Å². The Kier molecular flexibility index (Phi) is 69.2. The van der Waals surface area contributed by atoms with Gasteiger partial charge >= 0.3 is 33.6 Å². The molecule has 0 aliphatic rings. The van der Waals surface area contributed by atoms with Gasteiger partial charge in [-0.15, -0.1) is 0 Å². The molecule has 4 N–H and O–H groups in total. The summed E-state index contributed by atoms with van der Waals surface area (Å²) in [5, 5.41) is 20.6. The number of aliphatic hydroxyl groups excluding tert-OH is 2. The van der Waals surface area contributed by atoms with E-state index in [-0.39, 0.29) is 19.3 Å². The maximum atomic E-state index is 12.9. The third-order valence-electron chi connectivity index (χ3n) is 15.9. The zero-order chi connectivity index (χ0) is 70.9. The molecule has 5 unspecified atom stereocenters. The molecule has 0 bridgehead atoms. The molecule has 97 heavy (non-hydrogen) atoms. The lowest BCUT2D eigenvalue weighted by Crippen LogP contribution is -2.30. The third-order valence-corrected chi connectivity index (χ3v) is 17.8. The van der Waals surface area contributed by atoms with Crippen LogP contribution in [0.15, 0.2) is 109 Å². The van der Waals surface area contributed by atoms with Crippen LogP contribution >= 0.6 is 15.6 Å². The summed E-state index contributed by atoms with van der Waals surface area (Å²) in [7, 11) is -9.79. The maximum Gasteiger partial charge on any atom is 0.472 e. The number of allylic oxidation sites excluding steroid dienone is 18. The number of rotatable bonds is 72. The molecular formula is C79H138O16P2. The number of phosphoric acid groups is 2. The second-order valence-corrected chi connectivity index (χ2v) is 28.3. The molecule has 0 saturated carbocycles. The number of carbonyl (C=O) groups is 3. The van der Waals surface area contributed by atoms with Gasteiger partial charge in [0.15, 0.2) is 6.10 Å². The van der Waals surface area contributed by atoms with Crippen LogP contribution < -0.4 is 0 Å². The van der Waals surface area contributed by atoms with Crippen LogP contribution in [0.3, 0.4) is 0 Å². The number of hydrogen-bond donors (Lipinski definition) is 4. The monoisotopic (exact) mass is 1400 g/mol. The molecule has 16 nitrogen and oxygen atoms in total. The Labute approximate surface area is 590 Å². The van der Waals surface area contributed by atoms with E-state index in [1.165, 1.54) is 103 Å². The highest BCUT2D eigenvalue weighted by Gasteiger charge is 2.29. The van der Waals surface area contributed by atoms with Crippen LogP contribution in [0.25, 0.3) is 0 Å². The zero-order valence-electron chi connectivity index (χ0n) is 61.0. The zero-order valence-corrected chi connectivity index (χ0v) is 62.8. The highest BCUT2D eigenvalue weighted by Crippen LogP contribution is 2.45.